The topological polar surface area (TPSA) is 69.6 Å². The van der Waals surface area contributed by atoms with E-state index in [2.05, 4.69) is 40.5 Å². The van der Waals surface area contributed by atoms with E-state index in [-0.39, 0.29) is 10.6 Å². The maximum atomic E-state index is 12.8. The maximum Gasteiger partial charge on any atom is 0.278 e. The van der Waals surface area contributed by atoms with Crippen molar-refractivity contribution in [1.82, 2.24) is 14.9 Å². The highest BCUT2D eigenvalue weighted by molar-refractivity contribution is 7.94. The van der Waals surface area contributed by atoms with E-state index < -0.39 is 10.0 Å². The van der Waals surface area contributed by atoms with E-state index in [1.54, 1.807) is 24.3 Å². The minimum atomic E-state index is -3.89. The molecule has 2 aromatic rings. The SMILES string of the molecule is CCCN1CCN(c2ncc(N(Cl)S(=O)(=O)c3ccc(C(C)C)cc3)cn2)CC1. The van der Waals surface area contributed by atoms with Crippen molar-refractivity contribution in [3.05, 3.63) is 42.2 Å². The number of halogens is 1. The first-order valence-corrected chi connectivity index (χ1v) is 11.7. The molecule has 29 heavy (non-hydrogen) atoms. The summed E-state index contributed by atoms with van der Waals surface area (Å²) in [6.07, 6.45) is 4.05. The Morgan fingerprint density at radius 3 is 2.17 bits per heavy atom. The van der Waals surface area contributed by atoms with Gasteiger partial charge >= 0.3 is 0 Å². The van der Waals surface area contributed by atoms with Gasteiger partial charge in [-0.15, -0.1) is 0 Å². The molecule has 2 heterocycles. The molecule has 1 saturated heterocycles. The predicted molar refractivity (Wildman–Crippen MR) is 117 cm³/mol. The van der Waals surface area contributed by atoms with Crippen molar-refractivity contribution < 1.29 is 8.42 Å². The van der Waals surface area contributed by atoms with Crippen molar-refractivity contribution in [2.75, 3.05) is 41.4 Å². The first kappa shape index (κ1) is 21.8. The average Bonchev–Trinajstić information content (AvgIpc) is 2.74. The fourth-order valence-electron chi connectivity index (χ4n) is 3.31. The van der Waals surface area contributed by atoms with Crippen LogP contribution in [-0.4, -0.2) is 56.0 Å². The lowest BCUT2D eigenvalue weighted by Crippen LogP contribution is -2.47. The molecule has 0 radical (unpaired) electrons. The Bertz CT molecular complexity index is 895. The summed E-state index contributed by atoms with van der Waals surface area (Å²) in [5.41, 5.74) is 1.28. The summed E-state index contributed by atoms with van der Waals surface area (Å²) in [7, 11) is -3.89. The third-order valence-corrected chi connectivity index (χ3v) is 7.32. The quantitative estimate of drug-likeness (QED) is 0.617. The van der Waals surface area contributed by atoms with Crippen molar-refractivity contribution in [2.45, 2.75) is 38.0 Å². The highest BCUT2D eigenvalue weighted by atomic mass is 35.5. The number of benzene rings is 1. The van der Waals surface area contributed by atoms with Gasteiger partial charge < -0.3 is 4.90 Å². The first-order chi connectivity index (χ1) is 13.8. The molecule has 1 aromatic heterocycles. The second-order valence-electron chi connectivity index (χ2n) is 7.51. The minimum Gasteiger partial charge on any atom is -0.338 e. The summed E-state index contributed by atoms with van der Waals surface area (Å²) >= 11 is 6.17. The molecule has 158 valence electrons. The van der Waals surface area contributed by atoms with Crippen LogP contribution in [-0.2, 0) is 10.0 Å². The molecule has 0 spiro atoms. The number of hydrogen-bond donors (Lipinski definition) is 0. The molecule has 0 atom stereocenters. The standard InChI is InChI=1S/C20H28ClN5O2S/c1-4-9-24-10-12-25(13-11-24)20-22-14-18(15-23-20)26(21)29(27,28)19-7-5-17(6-8-19)16(2)3/h5-8,14-16H,4,9-13H2,1-3H3. The molecule has 0 aliphatic carbocycles. The molecule has 0 bridgehead atoms. The van der Waals surface area contributed by atoms with E-state index in [1.807, 2.05) is 0 Å². The second kappa shape index (κ2) is 9.28. The van der Waals surface area contributed by atoms with Gasteiger partial charge in [0.15, 0.2) is 0 Å². The van der Waals surface area contributed by atoms with Gasteiger partial charge in [-0.3, -0.25) is 4.90 Å². The molecule has 1 aromatic carbocycles. The largest absolute Gasteiger partial charge is 0.338 e. The highest BCUT2D eigenvalue weighted by Crippen LogP contribution is 2.26. The molecular weight excluding hydrogens is 410 g/mol. The number of piperazine rings is 1. The Morgan fingerprint density at radius 1 is 1.07 bits per heavy atom. The Kier molecular flexibility index (Phi) is 6.97. The van der Waals surface area contributed by atoms with E-state index in [1.165, 1.54) is 12.4 Å². The van der Waals surface area contributed by atoms with Crippen LogP contribution in [0.15, 0.2) is 41.6 Å². The van der Waals surface area contributed by atoms with Crippen LogP contribution in [0.25, 0.3) is 0 Å². The van der Waals surface area contributed by atoms with Gasteiger partial charge in [-0.25, -0.2) is 9.97 Å². The minimum absolute atomic E-state index is 0.132. The third kappa shape index (κ3) is 4.99. The van der Waals surface area contributed by atoms with Gasteiger partial charge in [0.25, 0.3) is 10.0 Å². The van der Waals surface area contributed by atoms with E-state index >= 15 is 0 Å². The number of nitrogens with zero attached hydrogens (tertiary/aromatic N) is 5. The zero-order valence-electron chi connectivity index (χ0n) is 17.1. The number of rotatable bonds is 7. The molecule has 9 heteroatoms. The second-order valence-corrected chi connectivity index (χ2v) is 9.84. The van der Waals surface area contributed by atoms with Gasteiger partial charge in [0.2, 0.25) is 5.95 Å². The summed E-state index contributed by atoms with van der Waals surface area (Å²) in [5, 5.41) is 0. The summed E-state index contributed by atoms with van der Waals surface area (Å²) in [6.45, 7) is 11.0. The molecule has 0 unspecified atom stereocenters. The lowest BCUT2D eigenvalue weighted by atomic mass is 10.0. The van der Waals surface area contributed by atoms with Crippen LogP contribution in [0.5, 0.6) is 0 Å². The Morgan fingerprint density at radius 2 is 1.66 bits per heavy atom. The summed E-state index contributed by atoms with van der Waals surface area (Å²) < 4.78 is 26.3. The molecule has 0 saturated carbocycles. The van der Waals surface area contributed by atoms with Gasteiger partial charge in [-0.2, -0.15) is 12.2 Å². The van der Waals surface area contributed by atoms with Crippen molar-refractivity contribution >= 4 is 33.4 Å². The van der Waals surface area contributed by atoms with E-state index in [4.69, 9.17) is 11.8 Å². The van der Waals surface area contributed by atoms with Crippen LogP contribution in [0, 0.1) is 0 Å². The van der Waals surface area contributed by atoms with E-state index in [0.29, 0.717) is 15.7 Å². The predicted octanol–water partition coefficient (Wildman–Crippen LogP) is 3.48. The molecule has 1 fully saturated rings. The zero-order chi connectivity index (χ0) is 21.0. The van der Waals surface area contributed by atoms with Crippen LogP contribution >= 0.6 is 11.8 Å². The fourth-order valence-corrected chi connectivity index (χ4v) is 4.68. The number of hydrogen-bond acceptors (Lipinski definition) is 6. The van der Waals surface area contributed by atoms with Gasteiger partial charge in [-0.1, -0.05) is 32.9 Å². The van der Waals surface area contributed by atoms with Crippen LogP contribution < -0.4 is 8.72 Å². The van der Waals surface area contributed by atoms with E-state index in [9.17, 15) is 8.42 Å². The molecule has 3 rings (SSSR count). The molecule has 7 nitrogen and oxygen atoms in total. The number of anilines is 2. The van der Waals surface area contributed by atoms with Crippen molar-refractivity contribution in [3.63, 3.8) is 0 Å². The number of aromatic nitrogens is 2. The zero-order valence-corrected chi connectivity index (χ0v) is 18.7. The lowest BCUT2D eigenvalue weighted by Gasteiger charge is -2.34. The Balaban J connectivity index is 1.70. The Hall–Kier alpha value is -1.90. The van der Waals surface area contributed by atoms with Crippen LogP contribution in [0.1, 0.15) is 38.7 Å². The molecular formula is C20H28ClN5O2S. The Labute approximate surface area is 178 Å². The average molecular weight is 438 g/mol. The van der Waals surface area contributed by atoms with Gasteiger partial charge in [0, 0.05) is 38.0 Å². The van der Waals surface area contributed by atoms with Crippen molar-refractivity contribution in [1.29, 1.82) is 0 Å². The lowest BCUT2D eigenvalue weighted by molar-refractivity contribution is 0.257. The first-order valence-electron chi connectivity index (χ1n) is 9.93. The normalized spacial score (nSPS) is 15.7. The number of sulfonamides is 1. The monoisotopic (exact) mass is 437 g/mol. The van der Waals surface area contributed by atoms with Crippen LogP contribution in [0.4, 0.5) is 11.6 Å². The third-order valence-electron chi connectivity index (χ3n) is 5.08. The summed E-state index contributed by atoms with van der Waals surface area (Å²) in [4.78, 5) is 13.3. The highest BCUT2D eigenvalue weighted by Gasteiger charge is 2.25. The van der Waals surface area contributed by atoms with Gasteiger partial charge in [-0.05, 0) is 36.6 Å². The maximum absolute atomic E-state index is 12.8. The fraction of sp³-hybridized carbons (Fsp3) is 0.500. The smallest absolute Gasteiger partial charge is 0.278 e. The molecule has 0 N–H and O–H groups in total. The summed E-state index contributed by atoms with van der Waals surface area (Å²) in [6, 6.07) is 6.76. The molecule has 1 aliphatic rings. The van der Waals surface area contributed by atoms with Crippen LogP contribution in [0.3, 0.4) is 0 Å². The van der Waals surface area contributed by atoms with Gasteiger partial charge in [0.1, 0.15) is 5.69 Å². The van der Waals surface area contributed by atoms with Crippen LogP contribution in [0.2, 0.25) is 0 Å². The van der Waals surface area contributed by atoms with Crippen molar-refractivity contribution in [2.24, 2.45) is 0 Å². The van der Waals surface area contributed by atoms with Crippen molar-refractivity contribution in [3.8, 4) is 0 Å². The summed E-state index contributed by atoms with van der Waals surface area (Å²) in [5.74, 6) is 0.914. The van der Waals surface area contributed by atoms with E-state index in [0.717, 1.165) is 44.7 Å². The molecule has 1 aliphatic heterocycles. The van der Waals surface area contributed by atoms with Gasteiger partial charge in [0.05, 0.1) is 17.3 Å². The molecule has 0 amide bonds.